The SMILES string of the molecule is CCCCC/C=C\C/C=C\C/C=C\C/C=C\CCCC(=O)OC[C@H](COP(=O)(O)OC[C@H](N)C(=O)O)OC(=O)CCCCCCCCC/C=C\CCCCCCCCC. The molecule has 0 aromatic carbocycles. The van der Waals surface area contributed by atoms with Crippen LogP contribution in [-0.2, 0) is 37.5 Å². The number of carboxylic acid groups (broad SMARTS) is 1. The summed E-state index contributed by atoms with van der Waals surface area (Å²) in [6.45, 7) is 2.72. The molecule has 0 aromatic rings. The summed E-state index contributed by atoms with van der Waals surface area (Å²) in [5, 5.41) is 8.90. The van der Waals surface area contributed by atoms with E-state index >= 15 is 0 Å². The number of carbonyl (C=O) groups is 3. The highest BCUT2D eigenvalue weighted by Crippen LogP contribution is 2.43. The Morgan fingerprint density at radius 3 is 1.44 bits per heavy atom. The molecule has 1 unspecified atom stereocenters. The van der Waals surface area contributed by atoms with Crippen LogP contribution in [0.3, 0.4) is 0 Å². The number of phosphoric acid groups is 1. The number of carbonyl (C=O) groups excluding carboxylic acids is 2. The molecule has 59 heavy (non-hydrogen) atoms. The van der Waals surface area contributed by atoms with Gasteiger partial charge in [-0.1, -0.05) is 158 Å². The second-order valence-electron chi connectivity index (χ2n) is 15.2. The Labute approximate surface area is 357 Å². The normalized spacial score (nSPS) is 14.2. The highest BCUT2D eigenvalue weighted by atomic mass is 31.2. The molecule has 340 valence electrons. The average molecular weight is 852 g/mol. The summed E-state index contributed by atoms with van der Waals surface area (Å²) in [5.41, 5.74) is 5.33. The van der Waals surface area contributed by atoms with Crippen molar-refractivity contribution >= 4 is 25.7 Å². The first-order valence-corrected chi connectivity index (χ1v) is 24.3. The standard InChI is InChI=1S/C47H82NO10P/c1-3-5-7-9-11-13-15-17-19-21-23-25-27-29-31-33-35-37-39-46(50)58-43(41-56-59(53,54)57-42-44(48)47(51)52)40-55-45(49)38-36-34-32-30-28-26-24-22-20-18-16-14-12-10-8-6-4-2/h12,14,18-21,24,26,30,32,43-44H,3-11,13,15-17,22-23,25,27-29,31,33-42,48H2,1-2H3,(H,51,52)(H,53,54)/b14-12-,20-18-,21-19-,26-24-,32-30-/t43-,44+/m1/s1. The molecule has 0 amide bonds. The van der Waals surface area contributed by atoms with Crippen molar-refractivity contribution in [3.05, 3.63) is 60.8 Å². The number of ether oxygens (including phenoxy) is 2. The van der Waals surface area contributed by atoms with Crippen LogP contribution in [0.15, 0.2) is 60.8 Å². The monoisotopic (exact) mass is 852 g/mol. The van der Waals surface area contributed by atoms with Crippen LogP contribution in [0.1, 0.15) is 187 Å². The van der Waals surface area contributed by atoms with Crippen LogP contribution < -0.4 is 5.73 Å². The fourth-order valence-electron chi connectivity index (χ4n) is 5.88. The second-order valence-corrected chi connectivity index (χ2v) is 16.6. The summed E-state index contributed by atoms with van der Waals surface area (Å²) in [7, 11) is -4.73. The zero-order chi connectivity index (χ0) is 43.5. The molecule has 0 aliphatic heterocycles. The first-order valence-electron chi connectivity index (χ1n) is 22.8. The molecule has 0 spiro atoms. The lowest BCUT2D eigenvalue weighted by atomic mass is 10.1. The molecule has 0 bridgehead atoms. The maximum atomic E-state index is 12.6. The number of unbranched alkanes of at least 4 members (excludes halogenated alkanes) is 18. The van der Waals surface area contributed by atoms with E-state index < -0.39 is 51.1 Å². The van der Waals surface area contributed by atoms with Gasteiger partial charge < -0.3 is 25.2 Å². The van der Waals surface area contributed by atoms with Crippen molar-refractivity contribution < 1.29 is 47.5 Å². The Morgan fingerprint density at radius 2 is 0.915 bits per heavy atom. The molecule has 11 nitrogen and oxygen atoms in total. The van der Waals surface area contributed by atoms with Crippen LogP contribution >= 0.6 is 7.82 Å². The van der Waals surface area contributed by atoms with E-state index in [1.165, 1.54) is 83.5 Å². The third-order valence-electron chi connectivity index (χ3n) is 9.49. The van der Waals surface area contributed by atoms with Crippen molar-refractivity contribution in [3.8, 4) is 0 Å². The summed E-state index contributed by atoms with van der Waals surface area (Å²) in [6.07, 6.45) is 48.6. The van der Waals surface area contributed by atoms with E-state index in [4.69, 9.17) is 24.8 Å². The Balaban J connectivity index is 4.43. The van der Waals surface area contributed by atoms with Gasteiger partial charge in [-0.3, -0.25) is 23.4 Å². The van der Waals surface area contributed by atoms with E-state index in [0.29, 0.717) is 19.3 Å². The van der Waals surface area contributed by atoms with Gasteiger partial charge in [-0.25, -0.2) is 4.57 Å². The number of nitrogens with two attached hydrogens (primary N) is 1. The van der Waals surface area contributed by atoms with E-state index in [0.717, 1.165) is 57.8 Å². The van der Waals surface area contributed by atoms with Crippen LogP contribution in [0.5, 0.6) is 0 Å². The Bertz CT molecular complexity index is 1230. The Kier molecular flexibility index (Phi) is 39.9. The van der Waals surface area contributed by atoms with Gasteiger partial charge in [-0.05, 0) is 77.0 Å². The third kappa shape index (κ3) is 41.7. The molecule has 0 saturated carbocycles. The number of esters is 2. The molecule has 0 rings (SSSR count). The van der Waals surface area contributed by atoms with Gasteiger partial charge in [0.25, 0.3) is 0 Å². The van der Waals surface area contributed by atoms with Crippen molar-refractivity contribution in [2.75, 3.05) is 19.8 Å². The number of carboxylic acids is 1. The van der Waals surface area contributed by atoms with E-state index in [9.17, 15) is 23.8 Å². The fraction of sp³-hybridized carbons (Fsp3) is 0.723. The van der Waals surface area contributed by atoms with Gasteiger partial charge in [0, 0.05) is 12.8 Å². The maximum absolute atomic E-state index is 12.6. The molecule has 3 atom stereocenters. The first kappa shape index (κ1) is 56.2. The number of hydrogen-bond donors (Lipinski definition) is 3. The molecule has 0 saturated heterocycles. The maximum Gasteiger partial charge on any atom is 0.472 e. The van der Waals surface area contributed by atoms with Gasteiger partial charge in [0.2, 0.25) is 0 Å². The van der Waals surface area contributed by atoms with Gasteiger partial charge in [0.05, 0.1) is 13.2 Å². The number of hydrogen-bond acceptors (Lipinski definition) is 9. The lowest BCUT2D eigenvalue weighted by Gasteiger charge is -2.20. The van der Waals surface area contributed by atoms with Gasteiger partial charge >= 0.3 is 25.7 Å². The predicted molar refractivity (Wildman–Crippen MR) is 240 cm³/mol. The predicted octanol–water partition coefficient (Wildman–Crippen LogP) is 12.3. The van der Waals surface area contributed by atoms with E-state index in [1.807, 2.05) is 12.2 Å². The van der Waals surface area contributed by atoms with Crippen LogP contribution in [0.25, 0.3) is 0 Å². The first-order chi connectivity index (χ1) is 28.6. The summed E-state index contributed by atoms with van der Waals surface area (Å²) >= 11 is 0. The van der Waals surface area contributed by atoms with Crippen molar-refractivity contribution in [1.82, 2.24) is 0 Å². The quantitative estimate of drug-likeness (QED) is 0.0231. The molecule has 0 aromatic heterocycles. The summed E-state index contributed by atoms with van der Waals surface area (Å²) in [5.74, 6) is -2.46. The van der Waals surface area contributed by atoms with Gasteiger partial charge in [-0.15, -0.1) is 0 Å². The minimum Gasteiger partial charge on any atom is -0.480 e. The molecule has 0 heterocycles. The largest absolute Gasteiger partial charge is 0.480 e. The summed E-state index contributed by atoms with van der Waals surface area (Å²) in [4.78, 5) is 46.0. The van der Waals surface area contributed by atoms with Crippen LogP contribution in [0.4, 0.5) is 0 Å². The smallest absolute Gasteiger partial charge is 0.472 e. The number of aliphatic carboxylic acids is 1. The van der Waals surface area contributed by atoms with Crippen molar-refractivity contribution in [2.45, 2.75) is 199 Å². The number of allylic oxidation sites excluding steroid dienone is 10. The van der Waals surface area contributed by atoms with Crippen molar-refractivity contribution in [2.24, 2.45) is 5.73 Å². The van der Waals surface area contributed by atoms with E-state index in [-0.39, 0.29) is 19.4 Å². The fourth-order valence-corrected chi connectivity index (χ4v) is 6.65. The molecular formula is C47H82NO10P. The lowest BCUT2D eigenvalue weighted by molar-refractivity contribution is -0.161. The summed E-state index contributed by atoms with van der Waals surface area (Å²) < 4.78 is 32.7. The minimum absolute atomic E-state index is 0.143. The molecule has 0 radical (unpaired) electrons. The van der Waals surface area contributed by atoms with Gasteiger partial charge in [-0.2, -0.15) is 0 Å². The highest BCUT2D eigenvalue weighted by molar-refractivity contribution is 7.47. The molecular weight excluding hydrogens is 769 g/mol. The average Bonchev–Trinajstić information content (AvgIpc) is 3.21. The zero-order valence-corrected chi connectivity index (χ0v) is 37.7. The molecule has 12 heteroatoms. The number of phosphoric ester groups is 1. The minimum atomic E-state index is -4.73. The Hall–Kier alpha value is -2.82. The van der Waals surface area contributed by atoms with Crippen molar-refractivity contribution in [3.63, 3.8) is 0 Å². The van der Waals surface area contributed by atoms with E-state index in [2.05, 4.69) is 67.0 Å². The van der Waals surface area contributed by atoms with Gasteiger partial charge in [0.15, 0.2) is 6.10 Å². The third-order valence-corrected chi connectivity index (χ3v) is 10.4. The molecule has 4 N–H and O–H groups in total. The number of rotatable bonds is 42. The molecule has 0 aliphatic carbocycles. The van der Waals surface area contributed by atoms with Crippen LogP contribution in [0, 0.1) is 0 Å². The van der Waals surface area contributed by atoms with Crippen molar-refractivity contribution in [1.29, 1.82) is 0 Å². The topological polar surface area (TPSA) is 172 Å². The highest BCUT2D eigenvalue weighted by Gasteiger charge is 2.28. The van der Waals surface area contributed by atoms with Crippen LogP contribution in [-0.4, -0.2) is 59.9 Å². The van der Waals surface area contributed by atoms with Crippen LogP contribution in [0.2, 0.25) is 0 Å². The molecule has 0 fully saturated rings. The van der Waals surface area contributed by atoms with E-state index in [1.54, 1.807) is 0 Å². The summed E-state index contributed by atoms with van der Waals surface area (Å²) in [6, 6.07) is -1.53. The van der Waals surface area contributed by atoms with Gasteiger partial charge in [0.1, 0.15) is 12.6 Å². The Morgan fingerprint density at radius 1 is 0.525 bits per heavy atom. The second kappa shape index (κ2) is 41.9. The lowest BCUT2D eigenvalue weighted by Crippen LogP contribution is -2.34. The molecule has 0 aliphatic rings. The zero-order valence-electron chi connectivity index (χ0n) is 36.8.